The van der Waals surface area contributed by atoms with E-state index >= 15 is 0 Å². The number of carbonyl (C=O) groups is 3. The number of ether oxygens (including phenoxy) is 1. The SMILES string of the molecule is CC[C@H](C(=O)OC(C)(C)C)N1CC(SC(C)=O)CC1=O. The first-order valence-electron chi connectivity index (χ1n) is 6.83. The Labute approximate surface area is 124 Å². The smallest absolute Gasteiger partial charge is 0.329 e. The van der Waals surface area contributed by atoms with Crippen molar-refractivity contribution < 1.29 is 19.1 Å². The van der Waals surface area contributed by atoms with Crippen LogP contribution in [0.4, 0.5) is 0 Å². The zero-order chi connectivity index (χ0) is 15.5. The van der Waals surface area contributed by atoms with Crippen LogP contribution in [0.15, 0.2) is 0 Å². The summed E-state index contributed by atoms with van der Waals surface area (Å²) in [4.78, 5) is 36.9. The number of hydrogen-bond acceptors (Lipinski definition) is 5. The molecule has 0 bridgehead atoms. The van der Waals surface area contributed by atoms with Gasteiger partial charge in [-0.25, -0.2) is 4.79 Å². The standard InChI is InChI=1S/C14H23NO4S/c1-6-11(13(18)19-14(3,4)5)15-8-10(7-12(15)17)20-9(2)16/h10-11H,6-8H2,1-5H3/t10?,11-/m1/s1. The lowest BCUT2D eigenvalue weighted by molar-refractivity contribution is -0.163. The van der Waals surface area contributed by atoms with Crippen molar-refractivity contribution in [2.45, 2.75) is 64.4 Å². The molecule has 5 nitrogen and oxygen atoms in total. The molecule has 1 saturated heterocycles. The molecular weight excluding hydrogens is 278 g/mol. The number of likely N-dealkylation sites (tertiary alicyclic amines) is 1. The van der Waals surface area contributed by atoms with Crippen molar-refractivity contribution in [2.24, 2.45) is 0 Å². The third-order valence-electron chi connectivity index (χ3n) is 2.90. The fourth-order valence-electron chi connectivity index (χ4n) is 2.20. The van der Waals surface area contributed by atoms with Crippen LogP contribution in [0.3, 0.4) is 0 Å². The highest BCUT2D eigenvalue weighted by Gasteiger charge is 2.39. The fraction of sp³-hybridized carbons (Fsp3) is 0.786. The van der Waals surface area contributed by atoms with Gasteiger partial charge in [0.15, 0.2) is 5.12 Å². The van der Waals surface area contributed by atoms with Crippen LogP contribution in [0, 0.1) is 0 Å². The summed E-state index contributed by atoms with van der Waals surface area (Å²) in [6, 6.07) is -0.556. The molecule has 2 atom stereocenters. The van der Waals surface area contributed by atoms with Gasteiger partial charge in [-0.1, -0.05) is 18.7 Å². The number of hydrogen-bond donors (Lipinski definition) is 0. The first-order valence-corrected chi connectivity index (χ1v) is 7.71. The Balaban J connectivity index is 2.73. The van der Waals surface area contributed by atoms with Gasteiger partial charge in [0.1, 0.15) is 11.6 Å². The molecule has 6 heteroatoms. The van der Waals surface area contributed by atoms with Gasteiger partial charge in [0, 0.05) is 25.1 Å². The van der Waals surface area contributed by atoms with Gasteiger partial charge in [0.05, 0.1) is 0 Å². The van der Waals surface area contributed by atoms with Crippen molar-refractivity contribution in [2.75, 3.05) is 6.54 Å². The Hall–Kier alpha value is -1.04. The summed E-state index contributed by atoms with van der Waals surface area (Å²) in [6.07, 6.45) is 0.821. The first-order chi connectivity index (χ1) is 9.14. The van der Waals surface area contributed by atoms with Crippen LogP contribution < -0.4 is 0 Å². The zero-order valence-corrected chi connectivity index (χ0v) is 13.6. The van der Waals surface area contributed by atoms with E-state index in [4.69, 9.17) is 4.74 Å². The van der Waals surface area contributed by atoms with E-state index in [0.29, 0.717) is 19.4 Å². The summed E-state index contributed by atoms with van der Waals surface area (Å²) in [5.41, 5.74) is -0.569. The second-order valence-corrected chi connectivity index (χ2v) is 7.42. The Morgan fingerprint density at radius 3 is 2.50 bits per heavy atom. The number of esters is 1. The average Bonchev–Trinajstić information content (AvgIpc) is 2.57. The van der Waals surface area contributed by atoms with Crippen molar-refractivity contribution in [3.63, 3.8) is 0 Å². The molecule has 0 spiro atoms. The van der Waals surface area contributed by atoms with Gasteiger partial charge in [0.2, 0.25) is 5.91 Å². The summed E-state index contributed by atoms with van der Waals surface area (Å²) >= 11 is 1.17. The summed E-state index contributed by atoms with van der Waals surface area (Å²) in [5.74, 6) is -0.455. The lowest BCUT2D eigenvalue weighted by atomic mass is 10.1. The van der Waals surface area contributed by atoms with E-state index in [1.165, 1.54) is 18.7 Å². The number of nitrogens with zero attached hydrogens (tertiary/aromatic N) is 1. The molecule has 0 radical (unpaired) electrons. The highest BCUT2D eigenvalue weighted by molar-refractivity contribution is 8.14. The van der Waals surface area contributed by atoms with Crippen molar-refractivity contribution in [1.82, 2.24) is 4.90 Å². The Bertz CT molecular complexity index is 402. The first kappa shape index (κ1) is 17.0. The van der Waals surface area contributed by atoms with Crippen LogP contribution in [0.25, 0.3) is 0 Å². The van der Waals surface area contributed by atoms with E-state index in [2.05, 4.69) is 0 Å². The molecule has 0 saturated carbocycles. The van der Waals surface area contributed by atoms with Gasteiger partial charge >= 0.3 is 5.97 Å². The van der Waals surface area contributed by atoms with Gasteiger partial charge in [-0.3, -0.25) is 9.59 Å². The van der Waals surface area contributed by atoms with Gasteiger partial charge < -0.3 is 9.64 Å². The molecular formula is C14H23NO4S. The average molecular weight is 301 g/mol. The van der Waals surface area contributed by atoms with Crippen LogP contribution in [0.2, 0.25) is 0 Å². The third-order valence-corrected chi connectivity index (χ3v) is 3.88. The molecule has 1 heterocycles. The van der Waals surface area contributed by atoms with Crippen molar-refractivity contribution in [3.8, 4) is 0 Å². The van der Waals surface area contributed by atoms with E-state index in [9.17, 15) is 14.4 Å². The molecule has 1 rings (SSSR count). The lowest BCUT2D eigenvalue weighted by Crippen LogP contribution is -2.45. The minimum atomic E-state index is -0.569. The van der Waals surface area contributed by atoms with E-state index in [0.717, 1.165) is 0 Å². The second kappa shape index (κ2) is 6.61. The van der Waals surface area contributed by atoms with Crippen LogP contribution >= 0.6 is 11.8 Å². The molecule has 1 unspecified atom stereocenters. The molecule has 0 aromatic carbocycles. The Kier molecular flexibility index (Phi) is 5.62. The van der Waals surface area contributed by atoms with Crippen molar-refractivity contribution in [3.05, 3.63) is 0 Å². The molecule has 0 aromatic heterocycles. The minimum Gasteiger partial charge on any atom is -0.458 e. The predicted octanol–water partition coefficient (Wildman–Crippen LogP) is 1.99. The number of amides is 1. The second-order valence-electron chi connectivity index (χ2n) is 5.94. The number of thioether (sulfide) groups is 1. The third kappa shape index (κ3) is 4.81. The largest absolute Gasteiger partial charge is 0.458 e. The summed E-state index contributed by atoms with van der Waals surface area (Å²) < 4.78 is 5.36. The van der Waals surface area contributed by atoms with Crippen molar-refractivity contribution >= 4 is 28.8 Å². The topological polar surface area (TPSA) is 63.7 Å². The molecule has 0 aliphatic carbocycles. The maximum Gasteiger partial charge on any atom is 0.329 e. The van der Waals surface area contributed by atoms with Crippen LogP contribution in [0.5, 0.6) is 0 Å². The highest BCUT2D eigenvalue weighted by atomic mass is 32.2. The van der Waals surface area contributed by atoms with Crippen LogP contribution in [0.1, 0.15) is 47.5 Å². The molecule has 1 fully saturated rings. The zero-order valence-electron chi connectivity index (χ0n) is 12.8. The van der Waals surface area contributed by atoms with E-state index in [1.54, 1.807) is 25.7 Å². The molecule has 1 aliphatic heterocycles. The van der Waals surface area contributed by atoms with Crippen molar-refractivity contribution in [1.29, 1.82) is 0 Å². The summed E-state index contributed by atoms with van der Waals surface area (Å²) in [6.45, 7) is 9.19. The van der Waals surface area contributed by atoms with Gasteiger partial charge in [-0.15, -0.1) is 0 Å². The minimum absolute atomic E-state index is 0.00466. The van der Waals surface area contributed by atoms with Gasteiger partial charge in [0.25, 0.3) is 0 Å². The van der Waals surface area contributed by atoms with Crippen LogP contribution in [-0.4, -0.2) is 45.3 Å². The maximum absolute atomic E-state index is 12.2. The highest BCUT2D eigenvalue weighted by Crippen LogP contribution is 2.27. The van der Waals surface area contributed by atoms with E-state index in [-0.39, 0.29) is 22.2 Å². The quantitative estimate of drug-likeness (QED) is 0.743. The van der Waals surface area contributed by atoms with E-state index < -0.39 is 11.6 Å². The normalized spacial score (nSPS) is 20.9. The Morgan fingerprint density at radius 1 is 1.45 bits per heavy atom. The number of carbonyl (C=O) groups excluding carboxylic acids is 3. The molecule has 0 N–H and O–H groups in total. The lowest BCUT2D eigenvalue weighted by Gasteiger charge is -2.29. The number of rotatable bonds is 4. The molecule has 1 aliphatic rings. The predicted molar refractivity (Wildman–Crippen MR) is 78.3 cm³/mol. The summed E-state index contributed by atoms with van der Waals surface area (Å²) in [7, 11) is 0. The molecule has 0 aromatic rings. The Morgan fingerprint density at radius 2 is 2.05 bits per heavy atom. The summed E-state index contributed by atoms with van der Waals surface area (Å²) in [5, 5.41) is -0.0635. The van der Waals surface area contributed by atoms with E-state index in [1.807, 2.05) is 6.92 Å². The van der Waals surface area contributed by atoms with Gasteiger partial charge in [-0.2, -0.15) is 0 Å². The molecule has 1 amide bonds. The molecule has 20 heavy (non-hydrogen) atoms. The van der Waals surface area contributed by atoms with Gasteiger partial charge in [-0.05, 0) is 27.2 Å². The van der Waals surface area contributed by atoms with Crippen LogP contribution in [-0.2, 0) is 19.1 Å². The fourth-order valence-corrected chi connectivity index (χ4v) is 3.13. The maximum atomic E-state index is 12.2. The molecule has 114 valence electrons. The monoisotopic (exact) mass is 301 g/mol.